The summed E-state index contributed by atoms with van der Waals surface area (Å²) in [5.41, 5.74) is 19.0. The first-order chi connectivity index (χ1) is 23.6. The van der Waals surface area contributed by atoms with E-state index < -0.39 is 0 Å². The number of benzene rings is 6. The molecule has 48 heavy (non-hydrogen) atoms. The molecule has 0 spiro atoms. The summed E-state index contributed by atoms with van der Waals surface area (Å²) in [5.74, 6) is 0. The van der Waals surface area contributed by atoms with E-state index in [-0.39, 0.29) is 12.3 Å². The Bertz CT molecular complexity index is 3160. The molecule has 1 aliphatic carbocycles. The average molecular weight is 612 g/mol. The molecule has 2 aliphatic heterocycles. The first-order valence-electron chi connectivity index (χ1n) is 16.8. The van der Waals surface area contributed by atoms with Crippen LogP contribution in [0.5, 0.6) is 0 Å². The first kappa shape index (κ1) is 24.3. The van der Waals surface area contributed by atoms with Gasteiger partial charge >= 0.3 is 6.85 Å². The third kappa shape index (κ3) is 2.42. The van der Waals surface area contributed by atoms with Crippen molar-refractivity contribution in [2.24, 2.45) is 0 Å². The summed E-state index contributed by atoms with van der Waals surface area (Å²) in [6.07, 6.45) is 0. The Morgan fingerprint density at radius 2 is 1.25 bits per heavy atom. The first-order valence-corrected chi connectivity index (χ1v) is 16.8. The predicted octanol–water partition coefficient (Wildman–Crippen LogP) is 9.64. The van der Waals surface area contributed by atoms with Crippen LogP contribution in [0, 0.1) is 0 Å². The van der Waals surface area contributed by atoms with Gasteiger partial charge in [0.15, 0.2) is 11.2 Å². The van der Waals surface area contributed by atoms with Gasteiger partial charge in [-0.25, -0.2) is 0 Å². The summed E-state index contributed by atoms with van der Waals surface area (Å²) in [6, 6.07) is 42.1. The van der Waals surface area contributed by atoms with Crippen LogP contribution in [0.1, 0.15) is 25.1 Å². The zero-order valence-electron chi connectivity index (χ0n) is 26.3. The van der Waals surface area contributed by atoms with Crippen LogP contribution in [0.4, 0.5) is 0 Å². The Morgan fingerprint density at radius 1 is 0.562 bits per heavy atom. The Morgan fingerprint density at radius 3 is 2.15 bits per heavy atom. The van der Waals surface area contributed by atoms with Crippen LogP contribution >= 0.6 is 0 Å². The molecular formula is C43H25BN2O2. The molecule has 0 atom stereocenters. The Balaban J connectivity index is 1.33. The van der Waals surface area contributed by atoms with Gasteiger partial charge in [0.2, 0.25) is 0 Å². The number of aromatic nitrogens is 2. The number of hydrogen-bond donors (Lipinski definition) is 0. The van der Waals surface area contributed by atoms with Crippen molar-refractivity contribution in [2.45, 2.75) is 19.3 Å². The van der Waals surface area contributed by atoms with E-state index in [2.05, 4.69) is 138 Å². The minimum atomic E-state index is -0.180. The number of para-hydroxylation sites is 4. The fraction of sp³-hybridized carbons (Fsp3) is 0.0698. The van der Waals surface area contributed by atoms with Crippen molar-refractivity contribution in [3.8, 4) is 27.9 Å². The molecule has 4 nitrogen and oxygen atoms in total. The van der Waals surface area contributed by atoms with Crippen LogP contribution in [0.2, 0.25) is 0 Å². The van der Waals surface area contributed by atoms with Crippen molar-refractivity contribution >= 4 is 83.6 Å². The number of nitrogens with zero attached hydrogens (tertiary/aromatic N) is 2. The maximum atomic E-state index is 6.94. The van der Waals surface area contributed by atoms with E-state index in [1.165, 1.54) is 60.9 Å². The molecule has 0 radical (unpaired) electrons. The van der Waals surface area contributed by atoms with E-state index in [1.807, 2.05) is 0 Å². The van der Waals surface area contributed by atoms with Gasteiger partial charge in [-0.05, 0) is 57.9 Å². The van der Waals surface area contributed by atoms with Crippen LogP contribution in [0.25, 0.3) is 93.8 Å². The highest BCUT2D eigenvalue weighted by Crippen LogP contribution is 2.56. The average Bonchev–Trinajstić information content (AvgIpc) is 3.90. The molecule has 3 aliphatic rings. The van der Waals surface area contributed by atoms with Crippen LogP contribution in [0.15, 0.2) is 124 Å². The predicted molar refractivity (Wildman–Crippen MR) is 197 cm³/mol. The molecule has 5 heteroatoms. The zero-order valence-corrected chi connectivity index (χ0v) is 26.3. The molecule has 0 saturated heterocycles. The lowest BCUT2D eigenvalue weighted by atomic mass is 9.45. The number of fused-ring (bicyclic) bond motifs is 18. The molecule has 0 fully saturated rings. The molecule has 10 aromatic rings. The highest BCUT2D eigenvalue weighted by molar-refractivity contribution is 6.90. The molecule has 6 aromatic carbocycles. The lowest BCUT2D eigenvalue weighted by molar-refractivity contribution is 0.632. The quantitative estimate of drug-likeness (QED) is 0.160. The second kappa shape index (κ2) is 7.61. The number of rotatable bonds is 0. The Labute approximate surface area is 274 Å². The number of furan rings is 2. The summed E-state index contributed by atoms with van der Waals surface area (Å²) in [6.45, 7) is 4.78. The second-order valence-corrected chi connectivity index (χ2v) is 14.4. The largest absolute Gasteiger partial charge is 0.454 e. The highest BCUT2D eigenvalue weighted by atomic mass is 16.3. The van der Waals surface area contributed by atoms with E-state index >= 15 is 0 Å². The van der Waals surface area contributed by atoms with Gasteiger partial charge in [-0.2, -0.15) is 0 Å². The molecule has 6 heterocycles. The third-order valence-electron chi connectivity index (χ3n) is 11.8. The molecule has 0 N–H and O–H groups in total. The molecule has 222 valence electrons. The lowest BCUT2D eigenvalue weighted by Gasteiger charge is -2.36. The normalized spacial score (nSPS) is 15.0. The fourth-order valence-electron chi connectivity index (χ4n) is 10.1. The van der Waals surface area contributed by atoms with Gasteiger partial charge in [0.1, 0.15) is 16.7 Å². The van der Waals surface area contributed by atoms with E-state index in [0.717, 1.165) is 55.1 Å². The smallest absolute Gasteiger partial charge is 0.333 e. The van der Waals surface area contributed by atoms with Crippen molar-refractivity contribution in [3.63, 3.8) is 0 Å². The van der Waals surface area contributed by atoms with Crippen LogP contribution in [-0.4, -0.2) is 15.9 Å². The summed E-state index contributed by atoms with van der Waals surface area (Å²) >= 11 is 0. The van der Waals surface area contributed by atoms with Gasteiger partial charge in [-0.1, -0.05) is 98.8 Å². The molecule has 0 amide bonds. The Hall–Kier alpha value is -5.94. The van der Waals surface area contributed by atoms with Crippen LogP contribution in [0.3, 0.4) is 0 Å². The molecule has 0 saturated carbocycles. The van der Waals surface area contributed by atoms with Gasteiger partial charge in [0, 0.05) is 54.7 Å². The fourth-order valence-corrected chi connectivity index (χ4v) is 10.1. The second-order valence-electron chi connectivity index (χ2n) is 14.4. The molecule has 13 rings (SSSR count). The van der Waals surface area contributed by atoms with Crippen molar-refractivity contribution in [3.05, 3.63) is 127 Å². The van der Waals surface area contributed by atoms with Gasteiger partial charge in [0.25, 0.3) is 0 Å². The van der Waals surface area contributed by atoms with Gasteiger partial charge in [0.05, 0.1) is 11.2 Å². The third-order valence-corrected chi connectivity index (χ3v) is 11.8. The van der Waals surface area contributed by atoms with Gasteiger partial charge in [-0.3, -0.25) is 0 Å². The van der Waals surface area contributed by atoms with E-state index in [0.29, 0.717) is 0 Å². The zero-order chi connectivity index (χ0) is 31.2. The summed E-state index contributed by atoms with van der Waals surface area (Å²) in [4.78, 5) is 0. The maximum absolute atomic E-state index is 6.94. The monoisotopic (exact) mass is 612 g/mol. The summed E-state index contributed by atoms with van der Waals surface area (Å²) in [5, 5.41) is 5.88. The van der Waals surface area contributed by atoms with Gasteiger partial charge in [-0.15, -0.1) is 0 Å². The topological polar surface area (TPSA) is 36.1 Å². The summed E-state index contributed by atoms with van der Waals surface area (Å²) in [7, 11) is 0. The lowest BCUT2D eigenvalue weighted by Crippen LogP contribution is -2.56. The van der Waals surface area contributed by atoms with Crippen molar-refractivity contribution in [1.82, 2.24) is 9.05 Å². The maximum Gasteiger partial charge on any atom is 0.333 e. The minimum absolute atomic E-state index is 0.0381. The molecule has 4 aromatic heterocycles. The van der Waals surface area contributed by atoms with Gasteiger partial charge < -0.3 is 17.9 Å². The molecular weight excluding hydrogens is 587 g/mol. The van der Waals surface area contributed by atoms with Crippen LogP contribution < -0.4 is 10.9 Å². The molecule has 0 bridgehead atoms. The highest BCUT2D eigenvalue weighted by Gasteiger charge is 2.49. The van der Waals surface area contributed by atoms with Crippen LogP contribution in [-0.2, 0) is 5.41 Å². The standard InChI is InChI=1S/C43H25BN2O2/c1-43(2)30-17-6-3-12-24(30)34-26-15-9-14-23-28-21-29-22-11-4-7-19-32(22)47-41(29)39-35(28)44(46(36(23)26)42(34)43)31-18-10-16-27-37(31)45(39)38-25-13-5-8-20-33(25)48-40(27)38/h3-21H,1-2H3. The summed E-state index contributed by atoms with van der Waals surface area (Å²) < 4.78 is 18.9. The SMILES string of the molecule is CC1(C)c2ccccc2-c2c1n1c3c(cccc23)-c2cc3c(oc4ccccc43)c3c2B1c1cccc2c4oc5ccccc5c4n-3c12. The van der Waals surface area contributed by atoms with Crippen molar-refractivity contribution < 1.29 is 8.83 Å². The van der Waals surface area contributed by atoms with Crippen molar-refractivity contribution in [1.29, 1.82) is 0 Å². The molecule has 0 unspecified atom stereocenters. The van der Waals surface area contributed by atoms with E-state index in [1.54, 1.807) is 0 Å². The number of hydrogen-bond acceptors (Lipinski definition) is 2. The Kier molecular flexibility index (Phi) is 3.85. The minimum Gasteiger partial charge on any atom is -0.454 e. The van der Waals surface area contributed by atoms with E-state index in [4.69, 9.17) is 8.83 Å². The van der Waals surface area contributed by atoms with E-state index in [9.17, 15) is 0 Å². The van der Waals surface area contributed by atoms with Crippen molar-refractivity contribution in [2.75, 3.05) is 0 Å².